The molecule has 0 rings (SSSR count). The van der Waals surface area contributed by atoms with Gasteiger partial charge in [0.15, 0.2) is 0 Å². The van der Waals surface area contributed by atoms with Gasteiger partial charge in [-0.1, -0.05) is 96.8 Å². The summed E-state index contributed by atoms with van der Waals surface area (Å²) in [5.41, 5.74) is 0. The van der Waals surface area contributed by atoms with Crippen LogP contribution in [0.2, 0.25) is 0 Å². The van der Waals surface area contributed by atoms with Crippen molar-refractivity contribution < 1.29 is 14.6 Å². The summed E-state index contributed by atoms with van der Waals surface area (Å²) in [6.45, 7) is 2.27. The molecule has 0 saturated carbocycles. The molecule has 1 unspecified atom stereocenters. The molecule has 3 heteroatoms. The van der Waals surface area contributed by atoms with Crippen LogP contribution in [0.4, 0.5) is 0 Å². The summed E-state index contributed by atoms with van der Waals surface area (Å²) in [5.74, 6) is -0.128. The van der Waals surface area contributed by atoms with Gasteiger partial charge in [0.05, 0.1) is 13.2 Å². The van der Waals surface area contributed by atoms with E-state index in [4.69, 9.17) is 0 Å². The second-order valence-electron chi connectivity index (χ2n) is 7.51. The molecule has 0 heterocycles. The molecule has 150 valence electrons. The van der Waals surface area contributed by atoms with Gasteiger partial charge in [-0.3, -0.25) is 4.79 Å². The summed E-state index contributed by atoms with van der Waals surface area (Å²) >= 11 is 0. The Hall–Kier alpha value is -0.570. The fraction of sp³-hybridized carbons (Fsp3) is 0.955. The molecule has 3 nitrogen and oxygen atoms in total. The topological polar surface area (TPSA) is 46.5 Å². The van der Waals surface area contributed by atoms with Crippen molar-refractivity contribution in [3.63, 3.8) is 0 Å². The molecule has 1 atom stereocenters. The highest BCUT2D eigenvalue weighted by atomic mass is 16.5. The number of aliphatic hydroxyl groups is 1. The van der Waals surface area contributed by atoms with Crippen LogP contribution in [0, 0.1) is 0 Å². The summed E-state index contributed by atoms with van der Waals surface area (Å²) in [4.78, 5) is 11.0. The molecule has 0 aromatic heterocycles. The van der Waals surface area contributed by atoms with E-state index < -0.39 is 0 Å². The predicted molar refractivity (Wildman–Crippen MR) is 107 cm³/mol. The Labute approximate surface area is 156 Å². The third-order valence-corrected chi connectivity index (χ3v) is 5.04. The molecule has 0 aliphatic rings. The fourth-order valence-corrected chi connectivity index (χ4v) is 3.29. The normalized spacial score (nSPS) is 12.3. The van der Waals surface area contributed by atoms with Gasteiger partial charge in [-0.15, -0.1) is 0 Å². The lowest BCUT2D eigenvalue weighted by molar-refractivity contribution is -0.140. The second kappa shape index (κ2) is 19.8. The number of rotatable bonds is 19. The van der Waals surface area contributed by atoms with Crippen molar-refractivity contribution in [2.75, 3.05) is 7.11 Å². The molecule has 0 aromatic carbocycles. The first-order chi connectivity index (χ1) is 12.2. The van der Waals surface area contributed by atoms with Gasteiger partial charge in [0.25, 0.3) is 0 Å². The smallest absolute Gasteiger partial charge is 0.305 e. The van der Waals surface area contributed by atoms with Gasteiger partial charge in [0, 0.05) is 6.42 Å². The average Bonchev–Trinajstić information content (AvgIpc) is 2.62. The fourth-order valence-electron chi connectivity index (χ4n) is 3.29. The summed E-state index contributed by atoms with van der Waals surface area (Å²) in [7, 11) is 1.43. The molecule has 0 bridgehead atoms. The van der Waals surface area contributed by atoms with Crippen molar-refractivity contribution >= 4 is 5.97 Å². The molecular weight excluding hydrogens is 312 g/mol. The van der Waals surface area contributed by atoms with Crippen LogP contribution in [0.15, 0.2) is 0 Å². The number of carbonyl (C=O) groups excluding carboxylic acids is 1. The quantitative estimate of drug-likeness (QED) is 0.210. The minimum atomic E-state index is -0.152. The highest BCUT2D eigenvalue weighted by Gasteiger charge is 2.05. The molecule has 0 spiro atoms. The van der Waals surface area contributed by atoms with Gasteiger partial charge >= 0.3 is 5.97 Å². The number of carbonyl (C=O) groups is 1. The van der Waals surface area contributed by atoms with Crippen molar-refractivity contribution in [1.29, 1.82) is 0 Å². The van der Waals surface area contributed by atoms with Gasteiger partial charge in [-0.25, -0.2) is 0 Å². The van der Waals surface area contributed by atoms with Crippen LogP contribution in [0.5, 0.6) is 0 Å². The number of esters is 1. The molecule has 0 saturated heterocycles. The highest BCUT2D eigenvalue weighted by Crippen LogP contribution is 2.15. The zero-order valence-electron chi connectivity index (χ0n) is 17.1. The Bertz CT molecular complexity index is 278. The summed E-state index contributed by atoms with van der Waals surface area (Å²) in [6.07, 6.45) is 21.4. The lowest BCUT2D eigenvalue weighted by Crippen LogP contribution is -2.06. The van der Waals surface area contributed by atoms with Gasteiger partial charge in [-0.2, -0.15) is 0 Å². The molecule has 0 aliphatic heterocycles. The number of unbranched alkanes of at least 4 members (excludes halogenated alkanes) is 13. The standard InChI is InChI=1S/C22H44O3/c1-3-4-5-6-7-8-9-10-11-12-13-15-18-21(23)19-16-14-17-20-22(24)25-2/h21,23H,3-20H2,1-2H3. The third-order valence-electron chi connectivity index (χ3n) is 5.04. The SMILES string of the molecule is CCCCCCCCCCCCCCC(O)CCCCCC(=O)OC. The predicted octanol–water partition coefficient (Wildman–Crippen LogP) is 6.56. The number of methoxy groups -OCH3 is 1. The number of hydrogen-bond acceptors (Lipinski definition) is 3. The Kier molecular flexibility index (Phi) is 19.3. The van der Waals surface area contributed by atoms with E-state index in [9.17, 15) is 9.90 Å². The minimum Gasteiger partial charge on any atom is -0.469 e. The molecule has 1 N–H and O–H groups in total. The first-order valence-corrected chi connectivity index (χ1v) is 11.0. The minimum absolute atomic E-state index is 0.128. The first-order valence-electron chi connectivity index (χ1n) is 11.0. The van der Waals surface area contributed by atoms with Crippen molar-refractivity contribution in [1.82, 2.24) is 0 Å². The van der Waals surface area contributed by atoms with E-state index >= 15 is 0 Å². The third kappa shape index (κ3) is 19.6. The van der Waals surface area contributed by atoms with E-state index in [2.05, 4.69) is 11.7 Å². The van der Waals surface area contributed by atoms with Crippen molar-refractivity contribution in [3.8, 4) is 0 Å². The second-order valence-corrected chi connectivity index (χ2v) is 7.51. The zero-order chi connectivity index (χ0) is 18.6. The van der Waals surface area contributed by atoms with Crippen LogP contribution in [-0.4, -0.2) is 24.3 Å². The molecule has 0 aromatic rings. The van der Waals surface area contributed by atoms with E-state index in [1.165, 1.54) is 77.7 Å². The van der Waals surface area contributed by atoms with Crippen molar-refractivity contribution in [2.45, 2.75) is 129 Å². The maximum atomic E-state index is 11.0. The number of hydrogen-bond donors (Lipinski definition) is 1. The first kappa shape index (κ1) is 24.4. The summed E-state index contributed by atoms with van der Waals surface area (Å²) in [6, 6.07) is 0. The van der Waals surface area contributed by atoms with Gasteiger partial charge in [0.1, 0.15) is 0 Å². The Morgan fingerprint density at radius 2 is 1.12 bits per heavy atom. The lowest BCUT2D eigenvalue weighted by Gasteiger charge is -2.10. The van der Waals surface area contributed by atoms with Crippen LogP contribution in [0.25, 0.3) is 0 Å². The number of aliphatic hydroxyl groups excluding tert-OH is 1. The van der Waals surface area contributed by atoms with Crippen LogP contribution in [0.1, 0.15) is 122 Å². The largest absolute Gasteiger partial charge is 0.469 e. The lowest BCUT2D eigenvalue weighted by atomic mass is 10.0. The Balaban J connectivity index is 3.17. The zero-order valence-corrected chi connectivity index (χ0v) is 17.1. The molecular formula is C22H44O3. The van der Waals surface area contributed by atoms with Crippen molar-refractivity contribution in [3.05, 3.63) is 0 Å². The Morgan fingerprint density at radius 1 is 0.720 bits per heavy atom. The van der Waals surface area contributed by atoms with Crippen LogP contribution < -0.4 is 0 Å². The molecule has 0 fully saturated rings. The van der Waals surface area contributed by atoms with E-state index in [0.29, 0.717) is 6.42 Å². The molecule has 0 radical (unpaired) electrons. The number of ether oxygens (including phenoxy) is 1. The molecule has 0 aliphatic carbocycles. The Morgan fingerprint density at radius 3 is 1.56 bits per heavy atom. The maximum absolute atomic E-state index is 11.0. The van der Waals surface area contributed by atoms with Crippen LogP contribution in [0.3, 0.4) is 0 Å². The summed E-state index contributed by atoms with van der Waals surface area (Å²) in [5, 5.41) is 9.97. The van der Waals surface area contributed by atoms with E-state index in [1.807, 2.05) is 0 Å². The van der Waals surface area contributed by atoms with E-state index in [1.54, 1.807) is 0 Å². The molecule has 25 heavy (non-hydrogen) atoms. The van der Waals surface area contributed by atoms with Gasteiger partial charge < -0.3 is 9.84 Å². The van der Waals surface area contributed by atoms with Crippen LogP contribution in [-0.2, 0) is 9.53 Å². The van der Waals surface area contributed by atoms with Gasteiger partial charge in [0.2, 0.25) is 0 Å². The van der Waals surface area contributed by atoms with Crippen LogP contribution >= 0.6 is 0 Å². The van der Waals surface area contributed by atoms with Gasteiger partial charge in [-0.05, 0) is 19.3 Å². The summed E-state index contributed by atoms with van der Waals surface area (Å²) < 4.78 is 4.62. The monoisotopic (exact) mass is 356 g/mol. The van der Waals surface area contributed by atoms with Crippen molar-refractivity contribution in [2.24, 2.45) is 0 Å². The maximum Gasteiger partial charge on any atom is 0.305 e. The van der Waals surface area contributed by atoms with E-state index in [-0.39, 0.29) is 12.1 Å². The average molecular weight is 357 g/mol. The highest BCUT2D eigenvalue weighted by molar-refractivity contribution is 5.68. The van der Waals surface area contributed by atoms with E-state index in [0.717, 1.165) is 38.5 Å². The molecule has 0 amide bonds.